The van der Waals surface area contributed by atoms with Gasteiger partial charge in [0.2, 0.25) is 0 Å². The first-order valence-electron chi connectivity index (χ1n) is 13.8. The van der Waals surface area contributed by atoms with Crippen LogP contribution in [-0.4, -0.2) is 73.3 Å². The maximum absolute atomic E-state index is 16.1. The number of alkyl halides is 1. The lowest BCUT2D eigenvalue weighted by molar-refractivity contribution is -0.149. The van der Waals surface area contributed by atoms with Crippen LogP contribution in [0, 0.1) is 6.92 Å². The minimum Gasteiger partial charge on any atom is -0.462 e. The second kappa shape index (κ2) is 11.8. The number of ether oxygens (including phenoxy) is 2. The Morgan fingerprint density at radius 1 is 1.26 bits per heavy atom. The standard InChI is InChI=1S/C27H36FN6O7P/c1-15(2)39-25(36)16(3)33-42(37,41-19-9-7-6-8-10-19)38-13-20-22(35)27(5,28)26(40-20)34-14-29-21-23(32-18-11-12-18)30-17(4)31-24(21)34/h6-10,14-16,18,20,22,26,35H,11-13H2,1-5H3,(H,33,37)(H,30,31,32)/t16-,20+,22+,26+,27+,42-/m0/s1. The van der Waals surface area contributed by atoms with E-state index < -0.39 is 56.6 Å². The molecule has 1 aliphatic heterocycles. The molecule has 6 atom stereocenters. The van der Waals surface area contributed by atoms with Crippen LogP contribution in [0.25, 0.3) is 11.2 Å². The Kier molecular flexibility index (Phi) is 8.55. The lowest BCUT2D eigenvalue weighted by Crippen LogP contribution is -2.41. The molecule has 1 saturated heterocycles. The first-order valence-corrected chi connectivity index (χ1v) is 15.4. The van der Waals surface area contributed by atoms with Crippen molar-refractivity contribution in [2.24, 2.45) is 0 Å². The molecule has 0 bridgehead atoms. The lowest BCUT2D eigenvalue weighted by Gasteiger charge is -2.25. The highest BCUT2D eigenvalue weighted by atomic mass is 31.2. The Bertz CT molecular complexity index is 1470. The first-order chi connectivity index (χ1) is 19.9. The number of nitrogens with one attached hydrogen (secondary N) is 2. The van der Waals surface area contributed by atoms with E-state index in [0.29, 0.717) is 28.8 Å². The Labute approximate surface area is 242 Å². The molecule has 3 aromatic rings. The van der Waals surface area contributed by atoms with E-state index in [0.717, 1.165) is 12.8 Å². The van der Waals surface area contributed by atoms with Crippen molar-refractivity contribution in [2.75, 3.05) is 11.9 Å². The SMILES string of the molecule is Cc1nc(NC2CC2)c2ncn([C@@H]3O[C@H](CO[P@@](=O)(N[C@@H](C)C(=O)OC(C)C)Oc4ccccc4)[C@@H](O)[C@@]3(C)F)c2n1. The number of nitrogens with zero attached hydrogens (tertiary/aromatic N) is 4. The molecule has 15 heteroatoms. The number of hydrogen-bond donors (Lipinski definition) is 3. The van der Waals surface area contributed by atoms with Gasteiger partial charge in [-0.3, -0.25) is 13.9 Å². The van der Waals surface area contributed by atoms with Gasteiger partial charge in [0.05, 0.1) is 19.0 Å². The van der Waals surface area contributed by atoms with Crippen LogP contribution in [0.1, 0.15) is 52.6 Å². The number of aromatic nitrogens is 4. The number of halogens is 1. The molecule has 5 rings (SSSR count). The maximum atomic E-state index is 16.1. The van der Waals surface area contributed by atoms with Crippen molar-refractivity contribution < 1.29 is 37.4 Å². The van der Waals surface area contributed by atoms with Crippen LogP contribution in [0.4, 0.5) is 10.2 Å². The summed E-state index contributed by atoms with van der Waals surface area (Å²) >= 11 is 0. The van der Waals surface area contributed by atoms with E-state index in [1.807, 2.05) is 0 Å². The molecular formula is C27H36FN6O7P. The van der Waals surface area contributed by atoms with Crippen molar-refractivity contribution in [2.45, 2.75) is 89.8 Å². The van der Waals surface area contributed by atoms with Gasteiger partial charge in [0.15, 0.2) is 28.9 Å². The highest BCUT2D eigenvalue weighted by molar-refractivity contribution is 7.52. The number of aryl methyl sites for hydroxylation is 1. The number of imidazole rings is 1. The number of carbonyl (C=O) groups is 1. The molecule has 0 amide bonds. The van der Waals surface area contributed by atoms with Crippen LogP contribution < -0.4 is 14.9 Å². The van der Waals surface area contributed by atoms with E-state index in [-0.39, 0.29) is 5.75 Å². The van der Waals surface area contributed by atoms with Crippen LogP contribution in [0.15, 0.2) is 36.7 Å². The van der Waals surface area contributed by atoms with Crippen molar-refractivity contribution in [1.82, 2.24) is 24.6 Å². The lowest BCUT2D eigenvalue weighted by atomic mass is 9.98. The monoisotopic (exact) mass is 606 g/mol. The number of anilines is 1. The molecule has 42 heavy (non-hydrogen) atoms. The minimum atomic E-state index is -4.27. The van der Waals surface area contributed by atoms with Gasteiger partial charge in [-0.25, -0.2) is 23.9 Å². The Morgan fingerprint density at radius 2 is 1.98 bits per heavy atom. The Balaban J connectivity index is 1.36. The fourth-order valence-corrected chi connectivity index (χ4v) is 6.08. The quantitative estimate of drug-likeness (QED) is 0.202. The minimum absolute atomic E-state index is 0.203. The highest BCUT2D eigenvalue weighted by Gasteiger charge is 2.56. The third-order valence-corrected chi connectivity index (χ3v) is 8.50. The molecule has 2 fully saturated rings. The summed E-state index contributed by atoms with van der Waals surface area (Å²) in [5.74, 6) is 0.544. The Hall–Kier alpha value is -3.16. The first kappa shape index (κ1) is 30.3. The number of hydrogen-bond acceptors (Lipinski definition) is 11. The molecule has 228 valence electrons. The molecule has 0 radical (unpaired) electrons. The summed E-state index contributed by atoms with van der Waals surface area (Å²) in [4.78, 5) is 25.7. The van der Waals surface area contributed by atoms with Gasteiger partial charge in [-0.15, -0.1) is 0 Å². The molecular weight excluding hydrogens is 570 g/mol. The Morgan fingerprint density at radius 3 is 2.64 bits per heavy atom. The third-order valence-electron chi connectivity index (χ3n) is 6.86. The summed E-state index contributed by atoms with van der Waals surface area (Å²) < 4.78 is 53.8. The van der Waals surface area contributed by atoms with Crippen LogP contribution in [0.2, 0.25) is 0 Å². The van der Waals surface area contributed by atoms with E-state index >= 15 is 4.39 Å². The van der Waals surface area contributed by atoms with Gasteiger partial charge in [0.1, 0.15) is 29.8 Å². The average Bonchev–Trinajstić information content (AvgIpc) is 3.59. The number of rotatable bonds is 12. The summed E-state index contributed by atoms with van der Waals surface area (Å²) in [6, 6.07) is 7.44. The predicted octanol–water partition coefficient (Wildman–Crippen LogP) is 3.83. The molecule has 3 N–H and O–H groups in total. The number of aliphatic hydroxyl groups is 1. The largest absolute Gasteiger partial charge is 0.462 e. The normalized spacial score (nSPS) is 26.2. The van der Waals surface area contributed by atoms with Gasteiger partial charge in [0.25, 0.3) is 0 Å². The molecule has 1 saturated carbocycles. The number of carbonyl (C=O) groups excluding carboxylic acids is 1. The summed E-state index contributed by atoms with van der Waals surface area (Å²) in [5.41, 5.74) is -1.52. The summed E-state index contributed by atoms with van der Waals surface area (Å²) in [6.45, 7) is 7.21. The van der Waals surface area contributed by atoms with Gasteiger partial charge >= 0.3 is 13.7 Å². The molecule has 2 aromatic heterocycles. The highest BCUT2D eigenvalue weighted by Crippen LogP contribution is 2.48. The number of para-hydroxylation sites is 1. The van der Waals surface area contributed by atoms with Crippen LogP contribution in [-0.2, 0) is 23.4 Å². The van der Waals surface area contributed by atoms with Gasteiger partial charge in [0, 0.05) is 6.04 Å². The number of aliphatic hydroxyl groups excluding tert-OH is 1. The topological polar surface area (TPSA) is 159 Å². The van der Waals surface area contributed by atoms with E-state index in [9.17, 15) is 14.5 Å². The summed E-state index contributed by atoms with van der Waals surface area (Å²) in [6.07, 6.45) is -1.23. The second-order valence-corrected chi connectivity index (χ2v) is 12.7. The molecule has 1 aromatic carbocycles. The zero-order chi connectivity index (χ0) is 30.2. The second-order valence-electron chi connectivity index (χ2n) is 11.0. The van der Waals surface area contributed by atoms with Crippen LogP contribution in [0.3, 0.4) is 0 Å². The predicted molar refractivity (Wildman–Crippen MR) is 151 cm³/mol. The van der Waals surface area contributed by atoms with E-state index in [2.05, 4.69) is 25.4 Å². The maximum Gasteiger partial charge on any atom is 0.459 e. The molecule has 1 aliphatic carbocycles. The van der Waals surface area contributed by atoms with Crippen LogP contribution in [0.5, 0.6) is 5.75 Å². The molecule has 0 spiro atoms. The van der Waals surface area contributed by atoms with Crippen LogP contribution >= 0.6 is 7.75 Å². The van der Waals surface area contributed by atoms with Crippen molar-refractivity contribution in [3.63, 3.8) is 0 Å². The molecule has 2 aliphatic rings. The fourth-order valence-electron chi connectivity index (χ4n) is 4.58. The third kappa shape index (κ3) is 6.57. The summed E-state index contributed by atoms with van der Waals surface area (Å²) in [7, 11) is -4.27. The van der Waals surface area contributed by atoms with E-state index in [4.69, 9.17) is 18.5 Å². The molecule has 13 nitrogen and oxygen atoms in total. The van der Waals surface area contributed by atoms with E-state index in [1.54, 1.807) is 51.1 Å². The van der Waals surface area contributed by atoms with E-state index in [1.165, 1.54) is 24.7 Å². The number of esters is 1. The van der Waals surface area contributed by atoms with Crippen molar-refractivity contribution in [3.05, 3.63) is 42.5 Å². The van der Waals surface area contributed by atoms with Crippen molar-refractivity contribution >= 4 is 30.7 Å². The number of benzene rings is 1. The molecule has 0 unspecified atom stereocenters. The fraction of sp³-hybridized carbons (Fsp3) is 0.556. The summed E-state index contributed by atoms with van der Waals surface area (Å²) in [5, 5.41) is 16.9. The number of fused-ring (bicyclic) bond motifs is 1. The zero-order valence-electron chi connectivity index (χ0n) is 24.1. The molecule has 3 heterocycles. The zero-order valence-corrected chi connectivity index (χ0v) is 25.0. The van der Waals surface area contributed by atoms with Gasteiger partial charge in [-0.05, 0) is 59.6 Å². The van der Waals surface area contributed by atoms with Crippen molar-refractivity contribution in [3.8, 4) is 5.75 Å². The van der Waals surface area contributed by atoms with Gasteiger partial charge in [-0.2, -0.15) is 5.09 Å². The van der Waals surface area contributed by atoms with Gasteiger partial charge in [-0.1, -0.05) is 18.2 Å². The van der Waals surface area contributed by atoms with Crippen molar-refractivity contribution in [1.29, 1.82) is 0 Å². The van der Waals surface area contributed by atoms with Gasteiger partial charge < -0.3 is 24.4 Å². The average molecular weight is 607 g/mol. The smallest absolute Gasteiger partial charge is 0.459 e.